The fraction of sp³-hybridized carbons (Fsp3) is 0.353. The number of ether oxygens (including phenoxy) is 1. The molecule has 1 atom stereocenters. The first-order valence-corrected chi connectivity index (χ1v) is 8.55. The van der Waals surface area contributed by atoms with E-state index in [0.29, 0.717) is 21.3 Å². The predicted octanol–water partition coefficient (Wildman–Crippen LogP) is 3.37. The number of allylic oxidation sites excluding steroid dienone is 1. The molecule has 0 radical (unpaired) electrons. The lowest BCUT2D eigenvalue weighted by Gasteiger charge is -2.35. The van der Waals surface area contributed by atoms with Gasteiger partial charge in [-0.3, -0.25) is 9.69 Å². The Hall–Kier alpha value is -2.25. The normalized spacial score (nSPS) is 17.2. The van der Waals surface area contributed by atoms with Gasteiger partial charge in [0.15, 0.2) is 0 Å². The second-order valence-corrected chi connectivity index (χ2v) is 6.51. The van der Waals surface area contributed by atoms with Crippen LogP contribution in [0.5, 0.6) is 0 Å². The number of nitrogens with zero attached hydrogens (tertiary/aromatic N) is 1. The average Bonchev–Trinajstić information content (AvgIpc) is 2.58. The van der Waals surface area contributed by atoms with Gasteiger partial charge >= 0.3 is 18.0 Å². The highest BCUT2D eigenvalue weighted by molar-refractivity contribution is 6.42. The molecule has 0 saturated carbocycles. The number of urea groups is 1. The third kappa shape index (κ3) is 4.28. The van der Waals surface area contributed by atoms with Crippen LogP contribution in [0.25, 0.3) is 0 Å². The minimum Gasteiger partial charge on any atom is -0.481 e. The predicted molar refractivity (Wildman–Crippen MR) is 96.0 cm³/mol. The van der Waals surface area contributed by atoms with Crippen molar-refractivity contribution in [2.24, 2.45) is 0 Å². The number of hydrogen-bond acceptors (Lipinski definition) is 4. The molecule has 2 amide bonds. The monoisotopic (exact) mass is 400 g/mol. The molecule has 0 fully saturated rings. The molecule has 2 N–H and O–H groups in total. The number of halogens is 2. The summed E-state index contributed by atoms with van der Waals surface area (Å²) in [4.78, 5) is 36.9. The molecule has 1 aromatic rings. The van der Waals surface area contributed by atoms with E-state index in [1.165, 1.54) is 12.0 Å². The van der Waals surface area contributed by atoms with E-state index in [0.717, 1.165) is 0 Å². The van der Waals surface area contributed by atoms with Crippen molar-refractivity contribution in [1.82, 2.24) is 10.2 Å². The number of methoxy groups -OCH3 is 1. The van der Waals surface area contributed by atoms with E-state index in [2.05, 4.69) is 5.32 Å². The number of carboxylic acids is 1. The lowest BCUT2D eigenvalue weighted by Crippen LogP contribution is -2.48. The van der Waals surface area contributed by atoms with Crippen molar-refractivity contribution in [3.63, 3.8) is 0 Å². The first-order valence-electron chi connectivity index (χ1n) is 7.80. The van der Waals surface area contributed by atoms with E-state index in [1.807, 2.05) is 0 Å². The van der Waals surface area contributed by atoms with Gasteiger partial charge < -0.3 is 15.2 Å². The number of carbonyl (C=O) groups excluding carboxylic acids is 2. The fourth-order valence-electron chi connectivity index (χ4n) is 2.76. The van der Waals surface area contributed by atoms with E-state index < -0.39 is 24.0 Å². The summed E-state index contributed by atoms with van der Waals surface area (Å²) in [7, 11) is 1.25. The quantitative estimate of drug-likeness (QED) is 0.713. The zero-order valence-electron chi connectivity index (χ0n) is 14.2. The number of rotatable bonds is 6. The van der Waals surface area contributed by atoms with Gasteiger partial charge in [0.25, 0.3) is 0 Å². The summed E-state index contributed by atoms with van der Waals surface area (Å²) in [5, 5.41) is 12.2. The molecule has 1 aliphatic heterocycles. The molecular weight excluding hydrogens is 383 g/mol. The van der Waals surface area contributed by atoms with Crippen LogP contribution in [0.2, 0.25) is 10.0 Å². The number of amides is 2. The second kappa shape index (κ2) is 8.42. The third-order valence-corrected chi connectivity index (χ3v) is 4.79. The van der Waals surface area contributed by atoms with Crippen LogP contribution in [0, 0.1) is 0 Å². The van der Waals surface area contributed by atoms with Crippen molar-refractivity contribution in [3.8, 4) is 0 Å². The SMILES string of the molecule is COC(=O)C1=C(C)N(CCCC(=O)O)C(=O)N[C@@H]1c1ccc(Cl)c(Cl)c1. The van der Waals surface area contributed by atoms with Crippen molar-refractivity contribution in [2.75, 3.05) is 13.7 Å². The Morgan fingerprint density at radius 3 is 2.58 bits per heavy atom. The Morgan fingerprint density at radius 1 is 1.31 bits per heavy atom. The Kier molecular flexibility index (Phi) is 6.50. The Labute approximate surface area is 160 Å². The number of carbonyl (C=O) groups is 3. The van der Waals surface area contributed by atoms with Gasteiger partial charge in [0.05, 0.1) is 28.8 Å². The maximum atomic E-state index is 12.5. The van der Waals surface area contributed by atoms with E-state index in [9.17, 15) is 14.4 Å². The standard InChI is InChI=1S/C17H18Cl2N2O5/c1-9-14(16(24)26-2)15(10-5-6-11(18)12(19)8-10)20-17(25)21(9)7-3-4-13(22)23/h5-6,8,15H,3-4,7H2,1-2H3,(H,20,25)(H,22,23)/t15-/m1/s1. The van der Waals surface area contributed by atoms with Gasteiger partial charge in [-0.25, -0.2) is 9.59 Å². The van der Waals surface area contributed by atoms with Gasteiger partial charge in [-0.2, -0.15) is 0 Å². The maximum Gasteiger partial charge on any atom is 0.337 e. The lowest BCUT2D eigenvalue weighted by atomic mass is 9.95. The van der Waals surface area contributed by atoms with Crippen LogP contribution < -0.4 is 5.32 Å². The summed E-state index contributed by atoms with van der Waals surface area (Å²) >= 11 is 12.0. The van der Waals surface area contributed by atoms with Crippen LogP contribution in [0.15, 0.2) is 29.5 Å². The van der Waals surface area contributed by atoms with Crippen molar-refractivity contribution >= 4 is 41.2 Å². The molecule has 26 heavy (non-hydrogen) atoms. The number of hydrogen-bond donors (Lipinski definition) is 2. The molecule has 7 nitrogen and oxygen atoms in total. The molecule has 1 aromatic carbocycles. The van der Waals surface area contributed by atoms with Crippen LogP contribution in [0.1, 0.15) is 31.4 Å². The van der Waals surface area contributed by atoms with Gasteiger partial charge in [0.1, 0.15) is 0 Å². The van der Waals surface area contributed by atoms with Gasteiger partial charge in [-0.15, -0.1) is 0 Å². The number of esters is 1. The molecule has 0 aromatic heterocycles. The molecule has 1 aliphatic rings. The van der Waals surface area contributed by atoms with Crippen LogP contribution in [-0.2, 0) is 14.3 Å². The Bertz CT molecular complexity index is 778. The molecule has 1 heterocycles. The molecule has 2 rings (SSSR count). The number of nitrogens with one attached hydrogen (secondary N) is 1. The summed E-state index contributed by atoms with van der Waals surface area (Å²) in [6.45, 7) is 1.79. The fourth-order valence-corrected chi connectivity index (χ4v) is 3.06. The molecule has 140 valence electrons. The molecular formula is C17H18Cl2N2O5. The summed E-state index contributed by atoms with van der Waals surface area (Å²) in [5.41, 5.74) is 1.24. The Morgan fingerprint density at radius 2 is 2.00 bits per heavy atom. The van der Waals surface area contributed by atoms with Gasteiger partial charge in [0, 0.05) is 18.7 Å². The molecule has 0 spiro atoms. The van der Waals surface area contributed by atoms with Crippen LogP contribution in [-0.4, -0.2) is 41.6 Å². The van der Waals surface area contributed by atoms with Crippen LogP contribution in [0.4, 0.5) is 4.79 Å². The minimum absolute atomic E-state index is 0.0825. The van der Waals surface area contributed by atoms with E-state index >= 15 is 0 Å². The molecule has 0 aliphatic carbocycles. The largest absolute Gasteiger partial charge is 0.481 e. The van der Waals surface area contributed by atoms with Gasteiger partial charge in [-0.1, -0.05) is 29.3 Å². The zero-order valence-corrected chi connectivity index (χ0v) is 15.7. The van der Waals surface area contributed by atoms with Crippen molar-refractivity contribution < 1.29 is 24.2 Å². The Balaban J connectivity index is 2.41. The molecule has 0 unspecified atom stereocenters. The van der Waals surface area contributed by atoms with Crippen molar-refractivity contribution in [3.05, 3.63) is 45.1 Å². The average molecular weight is 401 g/mol. The highest BCUT2D eigenvalue weighted by Gasteiger charge is 2.36. The molecule has 9 heteroatoms. The second-order valence-electron chi connectivity index (χ2n) is 5.70. The van der Waals surface area contributed by atoms with E-state index in [-0.39, 0.29) is 25.0 Å². The number of carboxylic acid groups (broad SMARTS) is 1. The molecule has 0 saturated heterocycles. The van der Waals surface area contributed by atoms with E-state index in [4.69, 9.17) is 33.0 Å². The van der Waals surface area contributed by atoms with Crippen molar-refractivity contribution in [2.45, 2.75) is 25.8 Å². The van der Waals surface area contributed by atoms with Gasteiger partial charge in [0.2, 0.25) is 0 Å². The van der Waals surface area contributed by atoms with Crippen molar-refractivity contribution in [1.29, 1.82) is 0 Å². The van der Waals surface area contributed by atoms with Crippen LogP contribution in [0.3, 0.4) is 0 Å². The summed E-state index contributed by atoms with van der Waals surface area (Å²) in [6, 6.07) is 3.63. The maximum absolute atomic E-state index is 12.5. The zero-order chi connectivity index (χ0) is 19.4. The number of aliphatic carboxylic acids is 1. The third-order valence-electron chi connectivity index (χ3n) is 4.05. The highest BCUT2D eigenvalue weighted by atomic mass is 35.5. The van der Waals surface area contributed by atoms with Gasteiger partial charge in [-0.05, 0) is 31.0 Å². The van der Waals surface area contributed by atoms with E-state index in [1.54, 1.807) is 25.1 Å². The summed E-state index contributed by atoms with van der Waals surface area (Å²) in [6.07, 6.45) is 0.173. The lowest BCUT2D eigenvalue weighted by molar-refractivity contribution is -0.138. The summed E-state index contributed by atoms with van der Waals surface area (Å²) < 4.78 is 4.86. The first kappa shape index (κ1) is 20.1. The molecule has 0 bridgehead atoms. The minimum atomic E-state index is -0.953. The number of benzene rings is 1. The first-order chi connectivity index (χ1) is 12.3. The smallest absolute Gasteiger partial charge is 0.337 e. The van der Waals surface area contributed by atoms with Crippen LogP contribution >= 0.6 is 23.2 Å². The highest BCUT2D eigenvalue weighted by Crippen LogP contribution is 2.34. The summed E-state index contributed by atoms with van der Waals surface area (Å²) in [5.74, 6) is -1.55. The topological polar surface area (TPSA) is 95.9 Å².